The van der Waals surface area contributed by atoms with Crippen LogP contribution in [0.2, 0.25) is 0 Å². The highest BCUT2D eigenvalue weighted by Gasteiger charge is 1.99. The minimum absolute atomic E-state index is 0.0976. The molecule has 0 amide bonds. The Morgan fingerprint density at radius 2 is 2.40 bits per heavy atom. The molecule has 3 nitrogen and oxygen atoms in total. The van der Waals surface area contributed by atoms with Gasteiger partial charge in [0.25, 0.3) is 0 Å². The summed E-state index contributed by atoms with van der Waals surface area (Å²) in [4.78, 5) is 0. The van der Waals surface area contributed by atoms with Gasteiger partial charge in [0, 0.05) is 21.0 Å². The molecule has 0 bridgehead atoms. The molecule has 2 heterocycles. The minimum atomic E-state index is -0.0976. The predicted octanol–water partition coefficient (Wildman–Crippen LogP) is 2.25. The Balaban J connectivity index is 2.65. The quantitative estimate of drug-likeness (QED) is 0.657. The largest absolute Gasteiger partial charge is 0.220 e. The third-order valence-corrected chi connectivity index (χ3v) is 2.62. The van der Waals surface area contributed by atoms with E-state index < -0.39 is 0 Å². The van der Waals surface area contributed by atoms with E-state index in [2.05, 4.69) is 17.4 Å². The second-order valence-electron chi connectivity index (χ2n) is 1.78. The summed E-state index contributed by atoms with van der Waals surface area (Å²) >= 11 is -0.0976. The molecule has 1 aliphatic heterocycles. The van der Waals surface area contributed by atoms with E-state index in [0.717, 1.165) is 11.4 Å². The maximum absolute atomic E-state index is 4.31. The van der Waals surface area contributed by atoms with Crippen LogP contribution >= 0.6 is 21.0 Å². The fraction of sp³-hybridized carbons (Fsp3) is 0. The molecule has 0 saturated carbocycles. The van der Waals surface area contributed by atoms with Crippen molar-refractivity contribution in [3.05, 3.63) is 22.0 Å². The average Bonchev–Trinajstić information content (AvgIpc) is 2.05. The van der Waals surface area contributed by atoms with Crippen molar-refractivity contribution in [2.24, 2.45) is 3.15 Å². The van der Waals surface area contributed by atoms with Crippen LogP contribution in [0.1, 0.15) is 5.69 Å². The Kier molecular flexibility index (Phi) is 1.54. The summed E-state index contributed by atoms with van der Waals surface area (Å²) in [5, 5.41) is 7.66. The van der Waals surface area contributed by atoms with Gasteiger partial charge in [0.15, 0.2) is 0 Å². The Morgan fingerprint density at radius 1 is 1.40 bits per heavy atom. The van der Waals surface area contributed by atoms with Crippen molar-refractivity contribution in [1.29, 1.82) is 0 Å². The van der Waals surface area contributed by atoms with Crippen molar-refractivity contribution >= 4 is 32.8 Å². The van der Waals surface area contributed by atoms with Crippen LogP contribution in [0.3, 0.4) is 0 Å². The second-order valence-corrected chi connectivity index (χ2v) is 3.54. The molecule has 4 heteroatoms. The first-order valence-electron chi connectivity index (χ1n) is 2.79. The van der Waals surface area contributed by atoms with E-state index in [1.54, 1.807) is 6.20 Å². The second kappa shape index (κ2) is 2.53. The van der Waals surface area contributed by atoms with Crippen LogP contribution in [0.5, 0.6) is 0 Å². The van der Waals surface area contributed by atoms with Gasteiger partial charge in [-0.1, -0.05) is 0 Å². The molecule has 0 unspecified atom stereocenters. The summed E-state index contributed by atoms with van der Waals surface area (Å²) < 4.78 is 6.39. The Hall–Kier alpha value is -0.650. The van der Waals surface area contributed by atoms with E-state index in [9.17, 15) is 0 Å². The van der Waals surface area contributed by atoms with Gasteiger partial charge in [0.1, 0.15) is 5.69 Å². The molecule has 0 fully saturated rings. The minimum Gasteiger partial charge on any atom is -0.220 e. The first-order valence-corrected chi connectivity index (χ1v) is 5.00. The van der Waals surface area contributed by atoms with Crippen molar-refractivity contribution in [3.63, 3.8) is 0 Å². The molecule has 0 radical (unpaired) electrons. The van der Waals surface area contributed by atoms with Gasteiger partial charge in [-0.05, 0) is 16.2 Å². The summed E-state index contributed by atoms with van der Waals surface area (Å²) in [7, 11) is 0. The molecule has 0 atom stereocenters. The maximum atomic E-state index is 4.31. The lowest BCUT2D eigenvalue weighted by Crippen LogP contribution is -1.84. The topological polar surface area (TPSA) is 38.1 Å². The Morgan fingerprint density at radius 3 is 3.30 bits per heavy atom. The predicted molar refractivity (Wildman–Crippen MR) is 47.2 cm³/mol. The highest BCUT2D eigenvalue weighted by atomic mass is 127. The molecule has 0 spiro atoms. The van der Waals surface area contributed by atoms with E-state index in [1.807, 2.05) is 12.1 Å². The van der Waals surface area contributed by atoms with Crippen molar-refractivity contribution in [2.45, 2.75) is 0 Å². The summed E-state index contributed by atoms with van der Waals surface area (Å²) in [5.41, 5.74) is 1.89. The fourth-order valence-corrected chi connectivity index (χ4v) is 2.07. The van der Waals surface area contributed by atoms with Gasteiger partial charge in [-0.3, -0.25) is 0 Å². The maximum Gasteiger partial charge on any atom is 0.112 e. The zero-order chi connectivity index (χ0) is 6.81. The molecule has 2 rings (SSSR count). The highest BCUT2D eigenvalue weighted by Crippen LogP contribution is 2.27. The van der Waals surface area contributed by atoms with Crippen LogP contribution in [-0.2, 0) is 0 Å². The van der Waals surface area contributed by atoms with Crippen LogP contribution in [0.25, 0.3) is 6.08 Å². The van der Waals surface area contributed by atoms with Crippen molar-refractivity contribution < 1.29 is 0 Å². The summed E-state index contributed by atoms with van der Waals surface area (Å²) in [6.07, 6.45) is 3.66. The fourth-order valence-electron chi connectivity index (χ4n) is 0.695. The van der Waals surface area contributed by atoms with Crippen LogP contribution in [-0.4, -0.2) is 10.2 Å². The van der Waals surface area contributed by atoms with Gasteiger partial charge in [0.05, 0.1) is 11.9 Å². The lowest BCUT2D eigenvalue weighted by Gasteiger charge is -1.97. The van der Waals surface area contributed by atoms with Crippen LogP contribution in [0.15, 0.2) is 19.5 Å². The molecule has 1 aromatic rings. The molecule has 1 aliphatic rings. The highest BCUT2D eigenvalue weighted by molar-refractivity contribution is 14.2. The van der Waals surface area contributed by atoms with Crippen molar-refractivity contribution in [1.82, 2.24) is 10.2 Å². The molecule has 50 valence electrons. The zero-order valence-electron chi connectivity index (χ0n) is 5.03. The summed E-state index contributed by atoms with van der Waals surface area (Å²) in [6.45, 7) is 0. The van der Waals surface area contributed by atoms with Gasteiger partial charge in [-0.15, -0.1) is 5.10 Å². The number of rotatable bonds is 0. The lowest BCUT2D eigenvalue weighted by molar-refractivity contribution is 1.02. The zero-order valence-corrected chi connectivity index (χ0v) is 7.19. The van der Waals surface area contributed by atoms with Crippen LogP contribution < -0.4 is 0 Å². The van der Waals surface area contributed by atoms with Crippen molar-refractivity contribution in [2.75, 3.05) is 0 Å². The number of hydrogen-bond acceptors (Lipinski definition) is 3. The van der Waals surface area contributed by atoms with Gasteiger partial charge < -0.3 is 0 Å². The first-order chi connectivity index (χ1) is 4.97. The standard InChI is InChI=1S/C6H4IN3/c1-3-7-9-5-2-4-8-10-6(1)5/h1-4H. The monoisotopic (exact) mass is 245 g/mol. The normalized spacial score (nSPS) is 14.0. The smallest absolute Gasteiger partial charge is 0.112 e. The number of aromatic nitrogens is 2. The van der Waals surface area contributed by atoms with E-state index in [-0.39, 0.29) is 21.0 Å². The average molecular weight is 245 g/mol. The van der Waals surface area contributed by atoms with E-state index >= 15 is 0 Å². The third kappa shape index (κ3) is 0.985. The van der Waals surface area contributed by atoms with E-state index in [1.165, 1.54) is 0 Å². The molecule has 0 N–H and O–H groups in total. The molecular weight excluding hydrogens is 241 g/mol. The van der Waals surface area contributed by atoms with Gasteiger partial charge in [-0.2, -0.15) is 5.10 Å². The van der Waals surface area contributed by atoms with Gasteiger partial charge in [0.2, 0.25) is 0 Å². The van der Waals surface area contributed by atoms with Gasteiger partial charge in [-0.25, -0.2) is 3.15 Å². The van der Waals surface area contributed by atoms with Crippen LogP contribution in [0, 0.1) is 0 Å². The SMILES string of the molecule is C1=Cc2nnccc2N=I1. The molecule has 0 aromatic carbocycles. The van der Waals surface area contributed by atoms with Gasteiger partial charge >= 0.3 is 0 Å². The first kappa shape index (κ1) is 6.09. The number of fused-ring (bicyclic) bond motifs is 1. The summed E-state index contributed by atoms with van der Waals surface area (Å²) in [5.74, 6) is 0. The number of nitrogens with zero attached hydrogens (tertiary/aromatic N) is 3. The molecule has 0 saturated heterocycles. The Bertz CT molecular complexity index is 275. The molecule has 1 aromatic heterocycles. The molecular formula is C6H4IN3. The Labute approximate surface area is 68.3 Å². The third-order valence-electron chi connectivity index (χ3n) is 1.14. The van der Waals surface area contributed by atoms with E-state index in [0.29, 0.717) is 0 Å². The van der Waals surface area contributed by atoms with Crippen LogP contribution in [0.4, 0.5) is 5.69 Å². The summed E-state index contributed by atoms with van der Waals surface area (Å²) in [6, 6.07) is 1.89. The van der Waals surface area contributed by atoms with E-state index in [4.69, 9.17) is 0 Å². The molecule has 10 heavy (non-hydrogen) atoms. The number of halogens is 1. The lowest BCUT2D eigenvalue weighted by atomic mass is 10.3. The van der Waals surface area contributed by atoms with Crippen molar-refractivity contribution in [3.8, 4) is 0 Å². The number of hydrogen-bond donors (Lipinski definition) is 0. The molecule has 0 aliphatic carbocycles.